The monoisotopic (exact) mass is 350 g/mol. The number of aromatic carboxylic acids is 1. The largest absolute Gasteiger partial charge is 0.496 e. The van der Waals surface area contributed by atoms with Gasteiger partial charge in [-0.1, -0.05) is 0 Å². The van der Waals surface area contributed by atoms with Crippen molar-refractivity contribution in [3.05, 3.63) is 52.3 Å². The Labute approximate surface area is 128 Å². The van der Waals surface area contributed by atoms with Crippen molar-refractivity contribution in [2.75, 3.05) is 12.4 Å². The van der Waals surface area contributed by atoms with Gasteiger partial charge in [-0.15, -0.1) is 0 Å². The van der Waals surface area contributed by atoms with Crippen LogP contribution in [0.2, 0.25) is 0 Å². The lowest BCUT2D eigenvalue weighted by Gasteiger charge is -2.08. The van der Waals surface area contributed by atoms with Crippen molar-refractivity contribution in [2.45, 2.75) is 0 Å². The van der Waals surface area contributed by atoms with Crippen LogP contribution in [0.1, 0.15) is 20.8 Å². The molecule has 21 heavy (non-hydrogen) atoms. The van der Waals surface area contributed by atoms with E-state index in [1.165, 1.54) is 12.1 Å². The molecule has 2 aromatic rings. The number of anilines is 1. The second-order valence-electron chi connectivity index (χ2n) is 4.04. The van der Waals surface area contributed by atoms with Gasteiger partial charge in [-0.25, -0.2) is 4.79 Å². The molecule has 0 atom stereocenters. The summed E-state index contributed by atoms with van der Waals surface area (Å²) < 4.78 is 5.80. The molecule has 0 unspecified atom stereocenters. The van der Waals surface area contributed by atoms with E-state index in [-0.39, 0.29) is 11.3 Å². The molecule has 7 heteroatoms. The van der Waals surface area contributed by atoms with E-state index in [2.05, 4.69) is 26.2 Å². The molecule has 0 aliphatic heterocycles. The molecule has 0 saturated carbocycles. The molecular weight excluding hydrogens is 340 g/mol. The molecule has 0 spiro atoms. The van der Waals surface area contributed by atoms with E-state index in [4.69, 9.17) is 9.84 Å². The number of amides is 1. The van der Waals surface area contributed by atoms with Crippen molar-refractivity contribution in [2.24, 2.45) is 0 Å². The van der Waals surface area contributed by atoms with Crippen LogP contribution in [-0.2, 0) is 0 Å². The Bertz CT molecular complexity index is 686. The molecular formula is C14H11BrN2O4. The third-order valence-electron chi connectivity index (χ3n) is 2.65. The maximum Gasteiger partial charge on any atom is 0.337 e. The van der Waals surface area contributed by atoms with Gasteiger partial charge in [0, 0.05) is 11.9 Å². The van der Waals surface area contributed by atoms with Gasteiger partial charge in [0.05, 0.1) is 17.1 Å². The first-order valence-corrected chi connectivity index (χ1v) is 6.65. The number of benzene rings is 1. The summed E-state index contributed by atoms with van der Waals surface area (Å²) in [6.45, 7) is 0. The lowest BCUT2D eigenvalue weighted by Crippen LogP contribution is -2.14. The van der Waals surface area contributed by atoms with Crippen LogP contribution in [0.4, 0.5) is 5.69 Å². The number of ether oxygens (including phenoxy) is 1. The minimum Gasteiger partial charge on any atom is -0.496 e. The fraction of sp³-hybridized carbons (Fsp3) is 0.0714. The van der Waals surface area contributed by atoms with Crippen LogP contribution in [0.25, 0.3) is 0 Å². The number of rotatable bonds is 4. The topological polar surface area (TPSA) is 88.5 Å². The number of carbonyl (C=O) groups is 2. The highest BCUT2D eigenvalue weighted by Crippen LogP contribution is 2.27. The number of halogens is 1. The fourth-order valence-electron chi connectivity index (χ4n) is 1.59. The number of nitrogens with zero attached hydrogens (tertiary/aromatic N) is 1. The lowest BCUT2D eigenvalue weighted by atomic mass is 10.2. The zero-order chi connectivity index (χ0) is 15.4. The van der Waals surface area contributed by atoms with Gasteiger partial charge in [-0.05, 0) is 46.3 Å². The fourth-order valence-corrected chi connectivity index (χ4v) is 2.13. The Kier molecular flexibility index (Phi) is 4.54. The molecule has 6 nitrogen and oxygen atoms in total. The number of hydrogen-bond donors (Lipinski definition) is 2. The van der Waals surface area contributed by atoms with E-state index in [0.29, 0.717) is 15.9 Å². The van der Waals surface area contributed by atoms with Gasteiger partial charge in [0.15, 0.2) is 0 Å². The molecule has 1 aromatic carbocycles. The Morgan fingerprint density at radius 1 is 1.29 bits per heavy atom. The van der Waals surface area contributed by atoms with Crippen molar-refractivity contribution >= 4 is 33.5 Å². The Morgan fingerprint density at radius 2 is 2.05 bits per heavy atom. The Hall–Kier alpha value is -2.41. The average Bonchev–Trinajstić information content (AvgIpc) is 2.47. The summed E-state index contributed by atoms with van der Waals surface area (Å²) in [6, 6.07) is 7.78. The molecule has 2 rings (SSSR count). The summed E-state index contributed by atoms with van der Waals surface area (Å²) in [4.78, 5) is 26.5. The minimum absolute atomic E-state index is 0.0266. The normalized spacial score (nSPS) is 10.0. The van der Waals surface area contributed by atoms with Crippen LogP contribution in [0, 0.1) is 0 Å². The van der Waals surface area contributed by atoms with E-state index >= 15 is 0 Å². The lowest BCUT2D eigenvalue weighted by molar-refractivity contribution is 0.0696. The van der Waals surface area contributed by atoms with Crippen molar-refractivity contribution in [1.82, 2.24) is 4.98 Å². The van der Waals surface area contributed by atoms with E-state index in [9.17, 15) is 9.59 Å². The first-order chi connectivity index (χ1) is 10.0. The van der Waals surface area contributed by atoms with E-state index in [1.807, 2.05) is 0 Å². The quantitative estimate of drug-likeness (QED) is 0.884. The highest BCUT2D eigenvalue weighted by atomic mass is 79.9. The van der Waals surface area contributed by atoms with Gasteiger partial charge in [-0.3, -0.25) is 9.78 Å². The molecule has 0 aliphatic rings. The van der Waals surface area contributed by atoms with Crippen LogP contribution in [0.3, 0.4) is 0 Å². The van der Waals surface area contributed by atoms with Gasteiger partial charge in [0.25, 0.3) is 5.91 Å². The van der Waals surface area contributed by atoms with Crippen LogP contribution in [0.15, 0.2) is 41.0 Å². The van der Waals surface area contributed by atoms with Gasteiger partial charge >= 0.3 is 5.97 Å². The first kappa shape index (κ1) is 15.0. The second kappa shape index (κ2) is 6.36. The molecule has 0 radical (unpaired) electrons. The van der Waals surface area contributed by atoms with E-state index in [0.717, 1.165) is 6.20 Å². The zero-order valence-corrected chi connectivity index (χ0v) is 12.5. The third kappa shape index (κ3) is 3.57. The number of carbonyl (C=O) groups excluding carboxylic acids is 1. The number of aromatic nitrogens is 1. The highest BCUT2D eigenvalue weighted by Gasteiger charge is 2.10. The number of carboxylic acids is 1. The van der Waals surface area contributed by atoms with Crippen LogP contribution in [-0.4, -0.2) is 29.1 Å². The second-order valence-corrected chi connectivity index (χ2v) is 4.90. The van der Waals surface area contributed by atoms with Crippen molar-refractivity contribution in [3.8, 4) is 5.75 Å². The van der Waals surface area contributed by atoms with Gasteiger partial charge in [0.2, 0.25) is 0 Å². The summed E-state index contributed by atoms with van der Waals surface area (Å²) in [7, 11) is 1.55. The summed E-state index contributed by atoms with van der Waals surface area (Å²) in [5, 5.41) is 11.4. The summed E-state index contributed by atoms with van der Waals surface area (Å²) in [6.07, 6.45) is 1.14. The van der Waals surface area contributed by atoms with E-state index in [1.54, 1.807) is 25.3 Å². The predicted molar refractivity (Wildman–Crippen MR) is 79.8 cm³/mol. The zero-order valence-electron chi connectivity index (χ0n) is 11.0. The molecule has 0 aliphatic carbocycles. The predicted octanol–water partition coefficient (Wildman–Crippen LogP) is 2.80. The van der Waals surface area contributed by atoms with E-state index < -0.39 is 11.9 Å². The molecule has 1 amide bonds. The number of pyridine rings is 1. The maximum absolute atomic E-state index is 12.0. The van der Waals surface area contributed by atoms with Gasteiger partial charge in [0.1, 0.15) is 11.4 Å². The number of hydrogen-bond acceptors (Lipinski definition) is 4. The summed E-state index contributed by atoms with van der Waals surface area (Å²) in [5.41, 5.74) is 0.725. The molecule has 108 valence electrons. The molecule has 1 heterocycles. The highest BCUT2D eigenvalue weighted by molar-refractivity contribution is 9.10. The average molecular weight is 351 g/mol. The minimum atomic E-state index is -1.09. The Balaban J connectivity index is 2.14. The number of methoxy groups -OCH3 is 1. The van der Waals surface area contributed by atoms with Crippen molar-refractivity contribution < 1.29 is 19.4 Å². The molecule has 0 fully saturated rings. The molecule has 0 bridgehead atoms. The summed E-state index contributed by atoms with van der Waals surface area (Å²) >= 11 is 3.32. The molecule has 0 saturated heterocycles. The van der Waals surface area contributed by atoms with Crippen molar-refractivity contribution in [3.63, 3.8) is 0 Å². The standard InChI is InChI=1S/C14H11BrN2O4/c1-21-12-5-3-9(6-10(12)15)17-13(18)11-4-2-8(7-16-11)14(19)20/h2-7H,1H3,(H,17,18)(H,19,20). The third-order valence-corrected chi connectivity index (χ3v) is 3.27. The van der Waals surface area contributed by atoms with Gasteiger partial charge in [-0.2, -0.15) is 0 Å². The maximum atomic E-state index is 12.0. The number of carboxylic acid groups (broad SMARTS) is 1. The first-order valence-electron chi connectivity index (χ1n) is 5.85. The van der Waals surface area contributed by atoms with Crippen LogP contribution < -0.4 is 10.1 Å². The summed E-state index contributed by atoms with van der Waals surface area (Å²) in [5.74, 6) is -0.866. The van der Waals surface area contributed by atoms with Crippen molar-refractivity contribution in [1.29, 1.82) is 0 Å². The molecule has 1 aromatic heterocycles. The van der Waals surface area contributed by atoms with Gasteiger partial charge < -0.3 is 15.2 Å². The Morgan fingerprint density at radius 3 is 2.57 bits per heavy atom. The SMILES string of the molecule is COc1ccc(NC(=O)c2ccc(C(=O)O)cn2)cc1Br. The van der Waals surface area contributed by atoms with Crippen LogP contribution >= 0.6 is 15.9 Å². The molecule has 2 N–H and O–H groups in total. The number of nitrogens with one attached hydrogen (secondary N) is 1. The van der Waals surface area contributed by atoms with Crippen LogP contribution in [0.5, 0.6) is 5.75 Å². The smallest absolute Gasteiger partial charge is 0.337 e.